The van der Waals surface area contributed by atoms with Crippen molar-refractivity contribution in [3.8, 4) is 0 Å². The summed E-state index contributed by atoms with van der Waals surface area (Å²) in [7, 11) is 0. The minimum absolute atomic E-state index is 0.240. The number of aryl methyl sites for hydroxylation is 1. The Morgan fingerprint density at radius 2 is 1.89 bits per heavy atom. The van der Waals surface area contributed by atoms with Crippen molar-refractivity contribution >= 4 is 28.8 Å². The van der Waals surface area contributed by atoms with Gasteiger partial charge in [-0.1, -0.05) is 36.4 Å². The number of nitrogens with zero attached hydrogens (tertiary/aromatic N) is 2. The molecule has 4 rings (SSSR count). The highest BCUT2D eigenvalue weighted by Gasteiger charge is 2.26. The van der Waals surface area contributed by atoms with Crippen LogP contribution in [-0.4, -0.2) is 34.6 Å². The molecular weight excluding hydrogens is 356 g/mol. The topological polar surface area (TPSA) is 46.3 Å². The minimum Gasteiger partial charge on any atom is -0.440 e. The normalized spacial score (nSPS) is 15.4. The monoisotopic (exact) mass is 380 g/mol. The second-order valence-corrected chi connectivity index (χ2v) is 8.08. The zero-order valence-electron chi connectivity index (χ0n) is 15.6. The summed E-state index contributed by atoms with van der Waals surface area (Å²) >= 11 is 1.70. The molecule has 1 amide bonds. The maximum absolute atomic E-state index is 12.5. The molecule has 1 fully saturated rings. The van der Waals surface area contributed by atoms with E-state index in [1.165, 1.54) is 11.1 Å². The summed E-state index contributed by atoms with van der Waals surface area (Å²) in [6, 6.07) is 16.2. The lowest BCUT2D eigenvalue weighted by atomic mass is 9.97. The molecule has 140 valence electrons. The number of carbonyl (C=O) groups is 1. The number of carbonyl (C=O) groups excluding carboxylic acids is 1. The van der Waals surface area contributed by atoms with Gasteiger partial charge >= 0.3 is 0 Å². The summed E-state index contributed by atoms with van der Waals surface area (Å²) in [4.78, 5) is 19.1. The van der Waals surface area contributed by atoms with E-state index >= 15 is 0 Å². The molecule has 1 saturated heterocycles. The van der Waals surface area contributed by atoms with Crippen molar-refractivity contribution in [2.24, 2.45) is 0 Å². The summed E-state index contributed by atoms with van der Waals surface area (Å²) < 4.78 is 5.91. The predicted molar refractivity (Wildman–Crippen MR) is 110 cm³/mol. The van der Waals surface area contributed by atoms with Crippen molar-refractivity contribution < 1.29 is 9.21 Å². The number of piperidine rings is 1. The van der Waals surface area contributed by atoms with Crippen LogP contribution < -0.4 is 0 Å². The van der Waals surface area contributed by atoms with Gasteiger partial charge in [0.1, 0.15) is 5.52 Å². The number of oxazole rings is 1. The second-order valence-electron chi connectivity index (χ2n) is 7.09. The minimum atomic E-state index is 0.240. The first-order chi connectivity index (χ1) is 13.2. The summed E-state index contributed by atoms with van der Waals surface area (Å²) in [6.45, 7) is 3.69. The molecule has 0 unspecified atom stereocenters. The van der Waals surface area contributed by atoms with Crippen molar-refractivity contribution in [2.75, 3.05) is 18.8 Å². The Bertz CT molecular complexity index is 896. The quantitative estimate of drug-likeness (QED) is 0.639. The van der Waals surface area contributed by atoms with E-state index in [1.807, 2.05) is 29.2 Å². The maximum Gasteiger partial charge on any atom is 0.232 e. The molecule has 1 aromatic heterocycles. The van der Waals surface area contributed by atoms with Crippen LogP contribution in [0.2, 0.25) is 0 Å². The third kappa shape index (κ3) is 4.19. The fourth-order valence-corrected chi connectivity index (χ4v) is 4.56. The molecular formula is C22H24N2O2S. The molecule has 0 bridgehead atoms. The average Bonchev–Trinajstić information content (AvgIpc) is 3.14. The van der Waals surface area contributed by atoms with Gasteiger partial charge in [0.2, 0.25) is 5.91 Å². The standard InChI is InChI=1S/C22H24N2O2S/c1-16-6-2-3-7-18(16)14-27-15-21(25)24-12-10-17(11-13-24)22-23-19-8-4-5-9-20(19)26-22/h2-9,17H,10-15H2,1H3. The lowest BCUT2D eigenvalue weighted by molar-refractivity contribution is -0.129. The van der Waals surface area contributed by atoms with Crippen LogP contribution >= 0.6 is 11.8 Å². The Morgan fingerprint density at radius 1 is 1.15 bits per heavy atom. The van der Waals surface area contributed by atoms with Crippen molar-refractivity contribution in [3.05, 3.63) is 65.5 Å². The van der Waals surface area contributed by atoms with Crippen molar-refractivity contribution in [3.63, 3.8) is 0 Å². The maximum atomic E-state index is 12.5. The first-order valence-electron chi connectivity index (χ1n) is 9.46. The predicted octanol–water partition coefficient (Wildman–Crippen LogP) is 4.78. The van der Waals surface area contributed by atoms with Crippen LogP contribution in [0.4, 0.5) is 0 Å². The van der Waals surface area contributed by atoms with Gasteiger partial charge in [-0.3, -0.25) is 4.79 Å². The number of thioether (sulfide) groups is 1. The molecule has 0 spiro atoms. The van der Waals surface area contributed by atoms with E-state index < -0.39 is 0 Å². The van der Waals surface area contributed by atoms with E-state index in [0.717, 1.165) is 48.7 Å². The summed E-state index contributed by atoms with van der Waals surface area (Å²) in [5, 5.41) is 0. The first-order valence-corrected chi connectivity index (χ1v) is 10.6. The lowest BCUT2D eigenvalue weighted by Gasteiger charge is -2.30. The number of para-hydroxylation sites is 2. The molecule has 27 heavy (non-hydrogen) atoms. The largest absolute Gasteiger partial charge is 0.440 e. The van der Waals surface area contributed by atoms with Crippen molar-refractivity contribution in [1.29, 1.82) is 0 Å². The van der Waals surface area contributed by atoms with Crippen LogP contribution in [0.25, 0.3) is 11.1 Å². The number of aromatic nitrogens is 1. The van der Waals surface area contributed by atoms with E-state index in [9.17, 15) is 4.79 Å². The third-order valence-electron chi connectivity index (χ3n) is 5.25. The van der Waals surface area contributed by atoms with Gasteiger partial charge in [0, 0.05) is 24.8 Å². The summed E-state index contributed by atoms with van der Waals surface area (Å²) in [5.74, 6) is 2.79. The Balaban J connectivity index is 1.27. The van der Waals surface area contributed by atoms with Crippen LogP contribution in [-0.2, 0) is 10.5 Å². The molecule has 1 aliphatic heterocycles. The molecule has 0 atom stereocenters. The van der Waals surface area contributed by atoms with Gasteiger partial charge in [0.25, 0.3) is 0 Å². The molecule has 1 aliphatic rings. The number of hydrogen-bond donors (Lipinski definition) is 0. The SMILES string of the molecule is Cc1ccccc1CSCC(=O)N1CCC(c2nc3ccccc3o2)CC1. The Hall–Kier alpha value is -2.27. The Labute approximate surface area is 164 Å². The number of amides is 1. The highest BCUT2D eigenvalue weighted by atomic mass is 32.2. The molecule has 2 heterocycles. The number of fused-ring (bicyclic) bond motifs is 1. The van der Waals surface area contributed by atoms with E-state index in [1.54, 1.807) is 11.8 Å². The third-order valence-corrected chi connectivity index (χ3v) is 6.22. The zero-order chi connectivity index (χ0) is 18.6. The zero-order valence-corrected chi connectivity index (χ0v) is 16.4. The van der Waals surface area contributed by atoms with Gasteiger partial charge in [0.15, 0.2) is 11.5 Å². The van der Waals surface area contributed by atoms with E-state index in [2.05, 4.69) is 36.2 Å². The highest BCUT2D eigenvalue weighted by Crippen LogP contribution is 2.30. The van der Waals surface area contributed by atoms with Gasteiger partial charge in [0.05, 0.1) is 5.75 Å². The lowest BCUT2D eigenvalue weighted by Crippen LogP contribution is -2.39. The number of rotatable bonds is 5. The molecule has 0 radical (unpaired) electrons. The van der Waals surface area contributed by atoms with Gasteiger partial charge in [-0.25, -0.2) is 4.98 Å². The van der Waals surface area contributed by atoms with Crippen LogP contribution in [0.3, 0.4) is 0 Å². The summed E-state index contributed by atoms with van der Waals surface area (Å²) in [5.41, 5.74) is 4.36. The van der Waals surface area contributed by atoms with Gasteiger partial charge in [-0.15, -0.1) is 11.8 Å². The highest BCUT2D eigenvalue weighted by molar-refractivity contribution is 7.99. The molecule has 0 aliphatic carbocycles. The van der Waals surface area contributed by atoms with Gasteiger partial charge in [-0.05, 0) is 43.0 Å². The van der Waals surface area contributed by atoms with Gasteiger partial charge in [-0.2, -0.15) is 0 Å². The molecule has 4 nitrogen and oxygen atoms in total. The van der Waals surface area contributed by atoms with Crippen molar-refractivity contribution in [2.45, 2.75) is 31.4 Å². The van der Waals surface area contributed by atoms with E-state index in [4.69, 9.17) is 4.42 Å². The Kier molecular flexibility index (Phi) is 5.48. The molecule has 3 aromatic rings. The summed E-state index contributed by atoms with van der Waals surface area (Å²) in [6.07, 6.45) is 1.84. The molecule has 2 aromatic carbocycles. The smallest absolute Gasteiger partial charge is 0.232 e. The van der Waals surface area contributed by atoms with Crippen molar-refractivity contribution in [1.82, 2.24) is 9.88 Å². The van der Waals surface area contributed by atoms with Crippen LogP contribution in [0.1, 0.15) is 35.8 Å². The molecule has 0 saturated carbocycles. The molecule has 0 N–H and O–H groups in total. The van der Waals surface area contributed by atoms with Crippen LogP contribution in [0.5, 0.6) is 0 Å². The van der Waals surface area contributed by atoms with E-state index in [-0.39, 0.29) is 5.91 Å². The van der Waals surface area contributed by atoms with Crippen LogP contribution in [0, 0.1) is 6.92 Å². The van der Waals surface area contributed by atoms with E-state index in [0.29, 0.717) is 11.7 Å². The first kappa shape index (κ1) is 18.1. The second kappa shape index (κ2) is 8.17. The molecule has 5 heteroatoms. The fourth-order valence-electron chi connectivity index (χ4n) is 3.55. The number of hydrogen-bond acceptors (Lipinski definition) is 4. The fraction of sp³-hybridized carbons (Fsp3) is 0.364. The van der Waals surface area contributed by atoms with Crippen LogP contribution in [0.15, 0.2) is 52.9 Å². The average molecular weight is 381 g/mol. The van der Waals surface area contributed by atoms with Gasteiger partial charge < -0.3 is 9.32 Å². The number of benzene rings is 2. The number of likely N-dealkylation sites (tertiary alicyclic amines) is 1. The Morgan fingerprint density at radius 3 is 2.67 bits per heavy atom.